The second-order valence-corrected chi connectivity index (χ2v) is 10.1. The summed E-state index contributed by atoms with van der Waals surface area (Å²) < 4.78 is 12.3. The lowest BCUT2D eigenvalue weighted by atomic mass is 9.78. The number of para-hydroxylation sites is 2. The van der Waals surface area contributed by atoms with Crippen molar-refractivity contribution in [3.63, 3.8) is 0 Å². The molecule has 0 spiro atoms. The molecule has 0 saturated heterocycles. The van der Waals surface area contributed by atoms with E-state index in [9.17, 15) is 9.90 Å². The first-order valence-electron chi connectivity index (χ1n) is 13.7. The van der Waals surface area contributed by atoms with Crippen LogP contribution in [0.2, 0.25) is 0 Å². The van der Waals surface area contributed by atoms with Crippen LogP contribution in [0.15, 0.2) is 78.6 Å². The fraction of sp³-hybridized carbons (Fsp3) is 0.312. The number of benzene rings is 3. The second-order valence-electron chi connectivity index (χ2n) is 10.1. The molecule has 0 radical (unpaired) electrons. The molecule has 0 saturated carbocycles. The van der Waals surface area contributed by atoms with Crippen molar-refractivity contribution in [2.45, 2.75) is 44.9 Å². The van der Waals surface area contributed by atoms with Crippen LogP contribution in [-0.2, 0) is 27.2 Å². The third-order valence-electron chi connectivity index (χ3n) is 7.74. The fourth-order valence-corrected chi connectivity index (χ4v) is 5.96. The molecule has 3 aromatic carbocycles. The van der Waals surface area contributed by atoms with Crippen LogP contribution in [-0.4, -0.2) is 40.5 Å². The minimum absolute atomic E-state index is 0.0424. The van der Waals surface area contributed by atoms with E-state index in [4.69, 9.17) is 9.47 Å². The van der Waals surface area contributed by atoms with Gasteiger partial charge in [0, 0.05) is 25.0 Å². The number of aliphatic hydroxyl groups is 1. The highest BCUT2D eigenvalue weighted by Crippen LogP contribution is 2.46. The van der Waals surface area contributed by atoms with Gasteiger partial charge in [0.15, 0.2) is 5.76 Å². The molecule has 1 amide bonds. The highest BCUT2D eigenvalue weighted by Gasteiger charge is 2.39. The number of aromatic nitrogens is 2. The van der Waals surface area contributed by atoms with Crippen molar-refractivity contribution in [2.24, 2.45) is 5.92 Å². The van der Waals surface area contributed by atoms with Crippen LogP contribution in [0.1, 0.15) is 48.2 Å². The number of imidazole rings is 1. The van der Waals surface area contributed by atoms with Crippen molar-refractivity contribution in [2.75, 3.05) is 13.2 Å². The molecule has 1 aromatic heterocycles. The van der Waals surface area contributed by atoms with E-state index < -0.39 is 6.29 Å². The molecule has 1 aliphatic carbocycles. The summed E-state index contributed by atoms with van der Waals surface area (Å²) in [6, 6.07) is 22.7. The van der Waals surface area contributed by atoms with Gasteiger partial charge in [-0.15, -0.1) is 0 Å². The molecule has 7 heteroatoms. The Bertz CT molecular complexity index is 1490. The summed E-state index contributed by atoms with van der Waals surface area (Å²) in [6.45, 7) is 2.73. The van der Waals surface area contributed by atoms with Crippen LogP contribution in [0.5, 0.6) is 0 Å². The monoisotopic (exact) mass is 523 g/mol. The lowest BCUT2D eigenvalue weighted by Crippen LogP contribution is -2.39. The predicted molar refractivity (Wildman–Crippen MR) is 150 cm³/mol. The number of aliphatic hydroxyl groups excluding tert-OH is 1. The third-order valence-corrected chi connectivity index (χ3v) is 7.74. The van der Waals surface area contributed by atoms with Gasteiger partial charge in [0.25, 0.3) is 5.91 Å². The number of aromatic amines is 1. The molecule has 4 aromatic rings. The average Bonchev–Trinajstić information content (AvgIpc) is 3.56. The number of H-pyrrole nitrogens is 1. The molecular formula is C32H33N3O4. The van der Waals surface area contributed by atoms with Gasteiger partial charge in [0.2, 0.25) is 6.29 Å². The normalized spacial score (nSPS) is 19.7. The Morgan fingerprint density at radius 1 is 1.10 bits per heavy atom. The second kappa shape index (κ2) is 11.0. The van der Waals surface area contributed by atoms with E-state index in [0.29, 0.717) is 25.3 Å². The SMILES string of the molecule is CCO[C@H]1OC(C(=O)NCc2nc3ccccc3[nH]2)=C[C@@H](c2cccc3c2Cc2ccccc2-3)[C@H]1CCCO. The zero-order valence-corrected chi connectivity index (χ0v) is 22.0. The molecular weight excluding hydrogens is 490 g/mol. The topological polar surface area (TPSA) is 96.5 Å². The molecule has 3 atom stereocenters. The predicted octanol–water partition coefficient (Wildman–Crippen LogP) is 5.20. The Balaban J connectivity index is 1.32. The number of nitrogens with one attached hydrogen (secondary N) is 2. The summed E-state index contributed by atoms with van der Waals surface area (Å²) in [6.07, 6.45) is 3.55. The Morgan fingerprint density at radius 2 is 1.92 bits per heavy atom. The highest BCUT2D eigenvalue weighted by molar-refractivity contribution is 5.92. The van der Waals surface area contributed by atoms with Crippen LogP contribution < -0.4 is 5.32 Å². The van der Waals surface area contributed by atoms with Crippen molar-refractivity contribution in [3.05, 3.63) is 101 Å². The average molecular weight is 524 g/mol. The van der Waals surface area contributed by atoms with Gasteiger partial charge in [-0.25, -0.2) is 4.98 Å². The van der Waals surface area contributed by atoms with E-state index in [1.807, 2.05) is 37.3 Å². The van der Waals surface area contributed by atoms with Gasteiger partial charge in [-0.2, -0.15) is 0 Å². The molecule has 6 rings (SSSR count). The van der Waals surface area contributed by atoms with E-state index >= 15 is 0 Å². The van der Waals surface area contributed by atoms with Crippen LogP contribution in [0.3, 0.4) is 0 Å². The summed E-state index contributed by atoms with van der Waals surface area (Å²) in [4.78, 5) is 21.2. The quantitative estimate of drug-likeness (QED) is 0.247. The van der Waals surface area contributed by atoms with E-state index in [2.05, 4.69) is 57.7 Å². The highest BCUT2D eigenvalue weighted by atomic mass is 16.7. The number of rotatable bonds is 9. The molecule has 2 aliphatic rings. The molecule has 3 N–H and O–H groups in total. The molecule has 1 aliphatic heterocycles. The number of fused-ring (bicyclic) bond motifs is 4. The maximum atomic E-state index is 13.4. The third kappa shape index (κ3) is 4.95. The lowest BCUT2D eigenvalue weighted by molar-refractivity contribution is -0.166. The van der Waals surface area contributed by atoms with E-state index in [0.717, 1.165) is 17.5 Å². The molecule has 0 fully saturated rings. The number of allylic oxidation sites excluding steroid dienone is 1. The fourth-order valence-electron chi connectivity index (χ4n) is 5.96. The maximum absolute atomic E-state index is 13.4. The minimum Gasteiger partial charge on any atom is -0.459 e. The van der Waals surface area contributed by atoms with Crippen molar-refractivity contribution in [1.82, 2.24) is 15.3 Å². The molecule has 0 bridgehead atoms. The standard InChI is InChI=1S/C32H33N3O4/c1-2-38-32-24(13-8-16-36)26(23-12-7-11-22-21-10-4-3-9-20(21)17-25(22)23)18-29(39-32)31(37)33-19-30-34-27-14-5-6-15-28(27)35-30/h3-7,9-12,14-15,18,24,26,32,36H,2,8,13,16-17,19H2,1H3,(H,33,37)(H,34,35)/t24-,26+,32+/m1/s1. The van der Waals surface area contributed by atoms with Crippen molar-refractivity contribution in [3.8, 4) is 11.1 Å². The number of nitrogens with zero attached hydrogens (tertiary/aromatic N) is 1. The Labute approximate surface area is 227 Å². The van der Waals surface area contributed by atoms with Crippen LogP contribution >= 0.6 is 0 Å². The number of carbonyl (C=O) groups excluding carboxylic acids is 1. The van der Waals surface area contributed by atoms with E-state index in [-0.39, 0.29) is 36.7 Å². The summed E-state index contributed by atoms with van der Waals surface area (Å²) in [5.74, 6) is 0.486. The number of carbonyl (C=O) groups is 1. The van der Waals surface area contributed by atoms with E-state index in [1.54, 1.807) is 0 Å². The Hall–Kier alpha value is -3.94. The largest absolute Gasteiger partial charge is 0.459 e. The van der Waals surface area contributed by atoms with Crippen LogP contribution in [0.4, 0.5) is 0 Å². The maximum Gasteiger partial charge on any atom is 0.286 e. The number of hydrogen-bond donors (Lipinski definition) is 3. The Morgan fingerprint density at radius 3 is 2.77 bits per heavy atom. The number of hydrogen-bond acceptors (Lipinski definition) is 5. The molecule has 200 valence electrons. The van der Waals surface area contributed by atoms with Gasteiger partial charge in [0.05, 0.1) is 17.6 Å². The first-order chi connectivity index (χ1) is 19.2. The summed E-state index contributed by atoms with van der Waals surface area (Å²) in [7, 11) is 0. The summed E-state index contributed by atoms with van der Waals surface area (Å²) in [5.41, 5.74) is 8.08. The van der Waals surface area contributed by atoms with Gasteiger partial charge in [-0.1, -0.05) is 54.6 Å². The number of amides is 1. The van der Waals surface area contributed by atoms with Crippen molar-refractivity contribution in [1.29, 1.82) is 0 Å². The first kappa shape index (κ1) is 25.3. The minimum atomic E-state index is -0.594. The molecule has 39 heavy (non-hydrogen) atoms. The zero-order valence-electron chi connectivity index (χ0n) is 22.0. The van der Waals surface area contributed by atoms with Gasteiger partial charge in [-0.3, -0.25) is 4.79 Å². The zero-order chi connectivity index (χ0) is 26.8. The molecule has 0 unspecified atom stereocenters. The first-order valence-corrected chi connectivity index (χ1v) is 13.7. The van der Waals surface area contributed by atoms with Crippen molar-refractivity contribution >= 4 is 16.9 Å². The van der Waals surface area contributed by atoms with Crippen molar-refractivity contribution < 1.29 is 19.4 Å². The number of ether oxygens (including phenoxy) is 2. The van der Waals surface area contributed by atoms with Gasteiger partial charge >= 0.3 is 0 Å². The summed E-state index contributed by atoms with van der Waals surface area (Å²) >= 11 is 0. The van der Waals surface area contributed by atoms with Gasteiger partial charge in [-0.05, 0) is 72.2 Å². The van der Waals surface area contributed by atoms with Crippen LogP contribution in [0, 0.1) is 5.92 Å². The molecule has 2 heterocycles. The Kier molecular flexibility index (Phi) is 7.18. The van der Waals surface area contributed by atoms with E-state index in [1.165, 1.54) is 27.8 Å². The molecule has 7 nitrogen and oxygen atoms in total. The van der Waals surface area contributed by atoms with Crippen LogP contribution in [0.25, 0.3) is 22.2 Å². The lowest BCUT2D eigenvalue weighted by Gasteiger charge is -2.37. The van der Waals surface area contributed by atoms with Gasteiger partial charge in [0.1, 0.15) is 5.82 Å². The smallest absolute Gasteiger partial charge is 0.286 e. The summed E-state index contributed by atoms with van der Waals surface area (Å²) in [5, 5.41) is 12.6. The van der Waals surface area contributed by atoms with Gasteiger partial charge < -0.3 is 24.9 Å².